The van der Waals surface area contributed by atoms with Crippen LogP contribution in [0.3, 0.4) is 0 Å². The number of fused-ring (bicyclic) bond motifs is 5. The topological polar surface area (TPSA) is 91.2 Å². The number of hydrogen-bond donors (Lipinski definition) is 0. The van der Waals surface area contributed by atoms with E-state index in [1.54, 1.807) is 0 Å². The quantitative estimate of drug-likeness (QED) is 0.0876. The highest BCUT2D eigenvalue weighted by molar-refractivity contribution is 6.41. The molecule has 4 aliphatic rings. The highest BCUT2D eigenvalue weighted by Crippen LogP contribution is 2.45. The van der Waals surface area contributed by atoms with Crippen molar-refractivity contribution in [2.75, 3.05) is 13.1 Å². The van der Waals surface area contributed by atoms with Gasteiger partial charge in [0.15, 0.2) is 23.0 Å². The Morgan fingerprint density at radius 3 is 1.38 bits per heavy atom. The van der Waals surface area contributed by atoms with Gasteiger partial charge in [-0.3, -0.25) is 9.59 Å². The van der Waals surface area contributed by atoms with Crippen LogP contribution in [0.25, 0.3) is 33.0 Å². The molecule has 5 aromatic rings. The molecule has 7 heteroatoms. The fraction of sp³-hybridized carbons (Fsp3) is 0.333. The van der Waals surface area contributed by atoms with Crippen LogP contribution in [0.5, 0.6) is 0 Å². The lowest BCUT2D eigenvalue weighted by molar-refractivity contribution is -0.438. The van der Waals surface area contributed by atoms with E-state index in [0.29, 0.717) is 11.1 Å². The number of para-hydroxylation sites is 2. The molecule has 4 aromatic carbocycles. The van der Waals surface area contributed by atoms with Gasteiger partial charge in [0, 0.05) is 98.9 Å². The van der Waals surface area contributed by atoms with Gasteiger partial charge in [-0.1, -0.05) is 100 Å². The van der Waals surface area contributed by atoms with Crippen molar-refractivity contribution >= 4 is 67.3 Å². The summed E-state index contributed by atoms with van der Waals surface area (Å²) in [6.45, 7) is 17.6. The second-order valence-electron chi connectivity index (χ2n) is 18.2. The van der Waals surface area contributed by atoms with Crippen LogP contribution < -0.4 is 10.2 Å². The molecule has 0 unspecified atom stereocenters. The molecular formula is C54H55N3O4. The van der Waals surface area contributed by atoms with Crippen LogP contribution in [-0.2, 0) is 27.0 Å². The lowest BCUT2D eigenvalue weighted by Gasteiger charge is -2.31. The zero-order valence-corrected chi connectivity index (χ0v) is 36.6. The number of ketones is 2. The predicted molar refractivity (Wildman–Crippen MR) is 243 cm³/mol. The predicted octanol–water partition coefficient (Wildman–Crippen LogP) is 9.51. The average Bonchev–Trinajstić information content (AvgIpc) is 3.77. The summed E-state index contributed by atoms with van der Waals surface area (Å²) in [6.07, 6.45) is 9.72. The van der Waals surface area contributed by atoms with Crippen LogP contribution in [0.1, 0.15) is 109 Å². The summed E-state index contributed by atoms with van der Waals surface area (Å²) in [5.41, 5.74) is 9.83. The molecule has 0 saturated carbocycles. The van der Waals surface area contributed by atoms with E-state index in [4.69, 9.17) is 0 Å². The first-order chi connectivity index (χ1) is 29.3. The molecule has 61 heavy (non-hydrogen) atoms. The first kappa shape index (κ1) is 40.3. The molecular weight excluding hydrogens is 755 g/mol. The maximum Gasteiger partial charge on any atom is 0.209 e. The van der Waals surface area contributed by atoms with E-state index in [1.165, 1.54) is 11.1 Å². The molecule has 2 aliphatic heterocycles. The van der Waals surface area contributed by atoms with Gasteiger partial charge < -0.3 is 14.8 Å². The van der Waals surface area contributed by atoms with Crippen LogP contribution in [0.15, 0.2) is 120 Å². The number of aryl methyl sites for hydroxylation is 1. The Labute approximate surface area is 359 Å². The van der Waals surface area contributed by atoms with Gasteiger partial charge in [0.2, 0.25) is 11.4 Å². The van der Waals surface area contributed by atoms with Crippen molar-refractivity contribution in [3.63, 3.8) is 0 Å². The summed E-state index contributed by atoms with van der Waals surface area (Å²) < 4.78 is 6.83. The summed E-state index contributed by atoms with van der Waals surface area (Å²) in [7, 11) is 0. The number of aromatic nitrogens is 1. The molecule has 310 valence electrons. The first-order valence-corrected chi connectivity index (χ1v) is 22.3. The van der Waals surface area contributed by atoms with Gasteiger partial charge in [-0.25, -0.2) is 0 Å². The Morgan fingerprint density at radius 2 is 0.984 bits per heavy atom. The monoisotopic (exact) mass is 809 g/mol. The Morgan fingerprint density at radius 1 is 0.574 bits per heavy atom. The number of allylic oxidation sites excluding steroid dienone is 6. The highest BCUT2D eigenvalue weighted by atomic mass is 16.3. The number of unbranched alkanes of at least 4 members (excludes halogenated alkanes) is 3. The number of benzene rings is 4. The van der Waals surface area contributed by atoms with E-state index in [1.807, 2.05) is 72.8 Å². The number of carbonyl (C=O) groups excluding carboxylic acids is 2. The molecule has 9 rings (SSSR count). The smallest absolute Gasteiger partial charge is 0.209 e. The fourth-order valence-corrected chi connectivity index (χ4v) is 10.2. The molecule has 0 radical (unpaired) electrons. The summed E-state index contributed by atoms with van der Waals surface area (Å²) >= 11 is 0. The number of Topliss-reactive ketones (excluding diaryl/α,β-unsaturated/α-hetero) is 2. The van der Waals surface area contributed by atoms with Gasteiger partial charge in [0.05, 0.1) is 10.8 Å². The maximum absolute atomic E-state index is 14.1. The SMILES string of the molecule is CCCCn1c2ccc(C3=C([O-])/C(=C\C4=[N+](CCCC)c5ccccc5C4(C)C)C3=O)cc2c2cc(C3=C([O-])/C(=C\C4=[N+](CCCC)c5ccccc5C4(C)C)C3=O)ccc21. The molecule has 1 aromatic heterocycles. The van der Waals surface area contributed by atoms with Crippen molar-refractivity contribution in [2.24, 2.45) is 0 Å². The van der Waals surface area contributed by atoms with Crippen molar-refractivity contribution in [3.8, 4) is 0 Å². The Kier molecular flexibility index (Phi) is 10.0. The molecule has 0 amide bonds. The van der Waals surface area contributed by atoms with Gasteiger partial charge in [0.1, 0.15) is 13.1 Å². The fourth-order valence-electron chi connectivity index (χ4n) is 10.2. The Hall–Kier alpha value is -6.08. The minimum absolute atomic E-state index is 0.198. The summed E-state index contributed by atoms with van der Waals surface area (Å²) in [5.74, 6) is -0.964. The van der Waals surface area contributed by atoms with Gasteiger partial charge in [-0.05, 0) is 69.5 Å². The van der Waals surface area contributed by atoms with Gasteiger partial charge >= 0.3 is 0 Å². The molecule has 0 spiro atoms. The number of rotatable bonds is 13. The van der Waals surface area contributed by atoms with Crippen molar-refractivity contribution in [2.45, 2.75) is 104 Å². The van der Waals surface area contributed by atoms with E-state index in [0.717, 1.165) is 103 Å². The lowest BCUT2D eigenvalue weighted by atomic mass is 9.77. The Balaban J connectivity index is 1.11. The minimum Gasteiger partial charge on any atom is -0.871 e. The molecule has 0 fully saturated rings. The van der Waals surface area contributed by atoms with Crippen LogP contribution >= 0.6 is 0 Å². The number of hydrogen-bond acceptors (Lipinski definition) is 4. The zero-order valence-electron chi connectivity index (χ0n) is 36.6. The van der Waals surface area contributed by atoms with Crippen molar-refractivity contribution in [1.82, 2.24) is 4.57 Å². The van der Waals surface area contributed by atoms with E-state index in [2.05, 4.69) is 86.4 Å². The van der Waals surface area contributed by atoms with Crippen molar-refractivity contribution in [3.05, 3.63) is 142 Å². The second-order valence-corrected chi connectivity index (χ2v) is 18.2. The van der Waals surface area contributed by atoms with Crippen molar-refractivity contribution in [1.29, 1.82) is 0 Å². The molecule has 0 N–H and O–H groups in total. The average molecular weight is 810 g/mol. The molecule has 0 saturated heterocycles. The minimum atomic E-state index is -0.366. The second kappa shape index (κ2) is 15.1. The highest BCUT2D eigenvalue weighted by Gasteiger charge is 2.47. The number of nitrogens with zero attached hydrogens (tertiary/aromatic N) is 3. The van der Waals surface area contributed by atoms with Crippen LogP contribution in [-0.4, -0.2) is 49.8 Å². The van der Waals surface area contributed by atoms with E-state index >= 15 is 0 Å². The largest absolute Gasteiger partial charge is 0.871 e. The molecule has 3 heterocycles. The van der Waals surface area contributed by atoms with Crippen LogP contribution in [0.4, 0.5) is 11.4 Å². The molecule has 0 bridgehead atoms. The summed E-state index contributed by atoms with van der Waals surface area (Å²) in [4.78, 5) is 28.1. The van der Waals surface area contributed by atoms with E-state index in [-0.39, 0.29) is 56.2 Å². The van der Waals surface area contributed by atoms with E-state index < -0.39 is 0 Å². The summed E-state index contributed by atoms with van der Waals surface area (Å²) in [5, 5.41) is 29.9. The van der Waals surface area contributed by atoms with E-state index in [9.17, 15) is 19.8 Å². The normalized spacial score (nSPS) is 19.3. The zero-order chi connectivity index (χ0) is 43.0. The van der Waals surface area contributed by atoms with Crippen LogP contribution in [0, 0.1) is 0 Å². The molecule has 0 atom stereocenters. The van der Waals surface area contributed by atoms with Crippen molar-refractivity contribution < 1.29 is 29.0 Å². The summed E-state index contributed by atoms with van der Waals surface area (Å²) in [6, 6.07) is 28.4. The third kappa shape index (κ3) is 6.14. The molecule has 2 aliphatic carbocycles. The van der Waals surface area contributed by atoms with Crippen LogP contribution in [0.2, 0.25) is 0 Å². The third-order valence-electron chi connectivity index (χ3n) is 13.7. The standard InChI is InChI=1S/C54H55N3O4/c1-8-11-26-55-41-24-22-33(47-49(58)37(50(47)59)31-45-53(4,5)39-18-14-16-20-43(39)56(45)27-12-9-2)29-35(41)36-30-34(23-25-42(36)55)48-51(60)38(52(48)61)32-46-54(6,7)40-19-15-17-21-44(40)57(46)28-13-10-3/h14-25,29-32H,8-13,26-28H2,1-7H3. The van der Waals surface area contributed by atoms with Gasteiger partial charge in [-0.2, -0.15) is 9.15 Å². The first-order valence-electron chi connectivity index (χ1n) is 22.3. The lowest BCUT2D eigenvalue weighted by Crippen LogP contribution is -2.33. The molecule has 7 nitrogen and oxygen atoms in total. The number of carbonyl (C=O) groups is 2. The maximum atomic E-state index is 14.1. The van der Waals surface area contributed by atoms with Gasteiger partial charge in [-0.15, -0.1) is 0 Å². The Bertz CT molecular complexity index is 2730. The third-order valence-corrected chi connectivity index (χ3v) is 13.7. The van der Waals surface area contributed by atoms with Gasteiger partial charge in [0.25, 0.3) is 0 Å².